The Hall–Kier alpha value is -1.25. The van der Waals surface area contributed by atoms with Crippen LogP contribution in [0.5, 0.6) is 0 Å². The Balaban J connectivity index is 1.57. The van der Waals surface area contributed by atoms with Gasteiger partial charge in [-0.2, -0.15) is 11.8 Å². The molecule has 0 radical (unpaired) electrons. The Kier molecular flexibility index (Phi) is 7.43. The summed E-state index contributed by atoms with van der Waals surface area (Å²) in [5.74, 6) is 3.01. The summed E-state index contributed by atoms with van der Waals surface area (Å²) in [5.41, 5.74) is 0.0299. The van der Waals surface area contributed by atoms with E-state index in [2.05, 4.69) is 33.1 Å². The van der Waals surface area contributed by atoms with E-state index >= 15 is 0 Å². The maximum Gasteiger partial charge on any atom is 0.243 e. The lowest BCUT2D eigenvalue weighted by molar-refractivity contribution is -0.127. The van der Waals surface area contributed by atoms with Crippen LogP contribution in [0.15, 0.2) is 22.5 Å². The van der Waals surface area contributed by atoms with E-state index in [1.54, 1.807) is 30.3 Å². The molecule has 27 heavy (non-hydrogen) atoms. The summed E-state index contributed by atoms with van der Waals surface area (Å²) in [5, 5.41) is 9.07. The Morgan fingerprint density at radius 2 is 2.37 bits per heavy atom. The number of amides is 1. The van der Waals surface area contributed by atoms with Gasteiger partial charge in [0, 0.05) is 43.9 Å². The number of likely N-dealkylation sites (N-methyl/N-ethyl adjacent to an activating group) is 1. The molecule has 0 bridgehead atoms. The topological polar surface area (TPSA) is 66.0 Å². The van der Waals surface area contributed by atoms with Crippen LogP contribution in [0.3, 0.4) is 0 Å². The lowest BCUT2D eigenvalue weighted by atomic mass is 9.90. The van der Waals surface area contributed by atoms with Crippen LogP contribution in [0.4, 0.5) is 0 Å². The predicted octanol–water partition coefficient (Wildman–Crippen LogP) is 1.97. The SMILES string of the molecule is CN(C)C(=O)CN=C(NCCc1cccs1)NC1CCOC2(CCSC2)C1. The molecule has 150 valence electrons. The molecule has 3 heterocycles. The van der Waals surface area contributed by atoms with Gasteiger partial charge in [0.15, 0.2) is 5.96 Å². The average molecular weight is 411 g/mol. The third kappa shape index (κ3) is 6.12. The quantitative estimate of drug-likeness (QED) is 0.554. The largest absolute Gasteiger partial charge is 0.374 e. The van der Waals surface area contributed by atoms with E-state index in [0.717, 1.165) is 50.5 Å². The number of hydrogen-bond donors (Lipinski definition) is 2. The Bertz CT molecular complexity index is 628. The first-order chi connectivity index (χ1) is 13.1. The number of nitrogens with zero attached hydrogens (tertiary/aromatic N) is 2. The fraction of sp³-hybridized carbons (Fsp3) is 0.684. The molecule has 2 saturated heterocycles. The fourth-order valence-electron chi connectivity index (χ4n) is 3.41. The number of carbonyl (C=O) groups excluding carboxylic acids is 1. The molecule has 3 rings (SSSR count). The average Bonchev–Trinajstić information content (AvgIpc) is 3.32. The lowest BCUT2D eigenvalue weighted by Gasteiger charge is -2.38. The van der Waals surface area contributed by atoms with E-state index < -0.39 is 0 Å². The van der Waals surface area contributed by atoms with E-state index in [4.69, 9.17) is 4.74 Å². The van der Waals surface area contributed by atoms with Crippen LogP contribution < -0.4 is 10.6 Å². The molecule has 8 heteroatoms. The number of nitrogens with one attached hydrogen (secondary N) is 2. The summed E-state index contributed by atoms with van der Waals surface area (Å²) in [6, 6.07) is 4.55. The van der Waals surface area contributed by atoms with Gasteiger partial charge in [-0.3, -0.25) is 4.79 Å². The van der Waals surface area contributed by atoms with Crippen LogP contribution in [0.2, 0.25) is 0 Å². The van der Waals surface area contributed by atoms with Gasteiger partial charge in [-0.25, -0.2) is 4.99 Å². The molecule has 6 nitrogen and oxygen atoms in total. The molecule has 2 fully saturated rings. The van der Waals surface area contributed by atoms with Gasteiger partial charge >= 0.3 is 0 Å². The Labute approximate surface area is 170 Å². The molecule has 2 aliphatic rings. The molecule has 1 aromatic rings. The maximum atomic E-state index is 11.9. The second-order valence-electron chi connectivity index (χ2n) is 7.38. The highest BCUT2D eigenvalue weighted by Crippen LogP contribution is 2.38. The van der Waals surface area contributed by atoms with Gasteiger partial charge in [0.1, 0.15) is 6.54 Å². The highest BCUT2D eigenvalue weighted by Gasteiger charge is 2.40. The summed E-state index contributed by atoms with van der Waals surface area (Å²) in [4.78, 5) is 19.4. The van der Waals surface area contributed by atoms with Crippen molar-refractivity contribution in [3.8, 4) is 0 Å². The number of guanidine groups is 1. The van der Waals surface area contributed by atoms with Crippen LogP contribution in [0, 0.1) is 0 Å². The van der Waals surface area contributed by atoms with Gasteiger partial charge in [-0.15, -0.1) is 11.3 Å². The second-order valence-corrected chi connectivity index (χ2v) is 9.51. The van der Waals surface area contributed by atoms with Crippen LogP contribution in [0.1, 0.15) is 24.1 Å². The molecule has 2 aliphatic heterocycles. The van der Waals surface area contributed by atoms with E-state index in [1.807, 2.05) is 11.8 Å². The molecule has 0 saturated carbocycles. The summed E-state index contributed by atoms with van der Waals surface area (Å²) in [6.45, 7) is 1.75. The molecule has 2 N–H and O–H groups in total. The Morgan fingerprint density at radius 1 is 1.48 bits per heavy atom. The zero-order valence-electron chi connectivity index (χ0n) is 16.2. The van der Waals surface area contributed by atoms with Gasteiger partial charge in [-0.05, 0) is 42.9 Å². The van der Waals surface area contributed by atoms with Gasteiger partial charge in [0.05, 0.1) is 5.60 Å². The van der Waals surface area contributed by atoms with Crippen LogP contribution >= 0.6 is 23.1 Å². The van der Waals surface area contributed by atoms with Crippen molar-refractivity contribution in [2.75, 3.05) is 45.3 Å². The first kappa shape index (κ1) is 20.5. The number of hydrogen-bond acceptors (Lipinski definition) is 5. The summed E-state index contributed by atoms with van der Waals surface area (Å²) in [7, 11) is 3.52. The number of rotatable bonds is 6. The van der Waals surface area contributed by atoms with Gasteiger partial charge in [-0.1, -0.05) is 6.07 Å². The van der Waals surface area contributed by atoms with Crippen molar-refractivity contribution in [1.29, 1.82) is 0 Å². The number of thioether (sulfide) groups is 1. The molecule has 0 aliphatic carbocycles. The minimum Gasteiger partial charge on any atom is -0.374 e. The predicted molar refractivity (Wildman–Crippen MR) is 114 cm³/mol. The van der Waals surface area contributed by atoms with Crippen LogP contribution in [0.25, 0.3) is 0 Å². The van der Waals surface area contributed by atoms with Crippen LogP contribution in [-0.4, -0.2) is 73.7 Å². The van der Waals surface area contributed by atoms with Gasteiger partial charge in [0.2, 0.25) is 5.91 Å². The van der Waals surface area contributed by atoms with Gasteiger partial charge < -0.3 is 20.3 Å². The highest BCUT2D eigenvalue weighted by atomic mass is 32.2. The van der Waals surface area contributed by atoms with Crippen molar-refractivity contribution < 1.29 is 9.53 Å². The first-order valence-corrected chi connectivity index (χ1v) is 11.6. The van der Waals surface area contributed by atoms with E-state index in [0.29, 0.717) is 6.04 Å². The number of aliphatic imine (C=N–C) groups is 1. The third-order valence-electron chi connectivity index (χ3n) is 5.02. The summed E-state index contributed by atoms with van der Waals surface area (Å²) < 4.78 is 6.12. The van der Waals surface area contributed by atoms with Crippen LogP contribution in [-0.2, 0) is 16.0 Å². The summed E-state index contributed by atoms with van der Waals surface area (Å²) >= 11 is 3.75. The molecule has 1 aromatic heterocycles. The summed E-state index contributed by atoms with van der Waals surface area (Å²) in [6.07, 6.45) is 4.06. The van der Waals surface area contributed by atoms with Crippen molar-refractivity contribution in [2.24, 2.45) is 4.99 Å². The second kappa shape index (κ2) is 9.80. The van der Waals surface area contributed by atoms with E-state index in [9.17, 15) is 4.79 Å². The fourth-order valence-corrected chi connectivity index (χ4v) is 5.49. The highest BCUT2D eigenvalue weighted by molar-refractivity contribution is 7.99. The van der Waals surface area contributed by atoms with Crippen molar-refractivity contribution >= 4 is 35.0 Å². The molecule has 0 aromatic carbocycles. The van der Waals surface area contributed by atoms with E-state index in [-0.39, 0.29) is 18.1 Å². The smallest absolute Gasteiger partial charge is 0.243 e. The van der Waals surface area contributed by atoms with Gasteiger partial charge in [0.25, 0.3) is 0 Å². The molecular weight excluding hydrogens is 380 g/mol. The number of ether oxygens (including phenoxy) is 1. The molecule has 1 spiro atoms. The normalized spacial score (nSPS) is 25.6. The monoisotopic (exact) mass is 410 g/mol. The van der Waals surface area contributed by atoms with E-state index in [1.165, 1.54) is 10.6 Å². The molecular formula is C19H30N4O2S2. The third-order valence-corrected chi connectivity index (χ3v) is 7.18. The number of carbonyl (C=O) groups is 1. The Morgan fingerprint density at radius 3 is 3.07 bits per heavy atom. The lowest BCUT2D eigenvalue weighted by Crippen LogP contribution is -2.52. The zero-order chi connectivity index (χ0) is 19.1. The van der Waals surface area contributed by atoms with Crippen molar-refractivity contribution in [3.63, 3.8) is 0 Å². The minimum atomic E-state index is 0.00463. The van der Waals surface area contributed by atoms with Crippen molar-refractivity contribution in [1.82, 2.24) is 15.5 Å². The van der Waals surface area contributed by atoms with Crippen molar-refractivity contribution in [3.05, 3.63) is 22.4 Å². The minimum absolute atomic E-state index is 0.00463. The standard InChI is InChI=1S/C19H30N4O2S2/c1-23(2)17(24)13-21-18(20-8-5-16-4-3-10-27-16)22-15-6-9-25-19(12-15)7-11-26-14-19/h3-4,10,15H,5-9,11-14H2,1-2H3,(H2,20,21,22). The zero-order valence-corrected chi connectivity index (χ0v) is 17.8. The number of thiophene rings is 1. The molecule has 1 amide bonds. The molecule has 2 atom stereocenters. The maximum absolute atomic E-state index is 11.9. The first-order valence-electron chi connectivity index (χ1n) is 9.55. The van der Waals surface area contributed by atoms with Crippen molar-refractivity contribution in [2.45, 2.75) is 37.3 Å². The molecule has 2 unspecified atom stereocenters.